The van der Waals surface area contributed by atoms with Gasteiger partial charge in [0.1, 0.15) is 0 Å². The second kappa shape index (κ2) is 5.23. The molecule has 0 saturated carbocycles. The molecule has 0 amide bonds. The Balaban J connectivity index is 2.16. The summed E-state index contributed by atoms with van der Waals surface area (Å²) in [6.45, 7) is 2.13. The lowest BCUT2D eigenvalue weighted by Crippen LogP contribution is -2.18. The maximum atomic E-state index is 4.11. The molecule has 1 aromatic carbocycles. The van der Waals surface area contributed by atoms with Crippen molar-refractivity contribution < 1.29 is 0 Å². The van der Waals surface area contributed by atoms with Crippen molar-refractivity contribution in [2.75, 3.05) is 7.05 Å². The molecule has 0 spiro atoms. The Morgan fingerprint density at radius 2 is 2.31 bits per heavy atom. The van der Waals surface area contributed by atoms with Crippen LogP contribution >= 0.6 is 11.3 Å². The second-order valence-corrected chi connectivity index (χ2v) is 4.90. The van der Waals surface area contributed by atoms with E-state index < -0.39 is 0 Å². The number of benzene rings is 1. The highest BCUT2D eigenvalue weighted by Gasteiger charge is 2.10. The summed E-state index contributed by atoms with van der Waals surface area (Å²) in [5, 5.41) is 3.36. The Morgan fingerprint density at radius 3 is 2.94 bits per heavy atom. The van der Waals surface area contributed by atoms with Crippen LogP contribution in [0, 0.1) is 6.92 Å². The molecule has 1 aromatic heterocycles. The minimum Gasteiger partial charge on any atom is -0.313 e. The lowest BCUT2D eigenvalue weighted by molar-refractivity contribution is 0.596. The number of aromatic nitrogens is 1. The molecule has 2 nitrogen and oxygen atoms in total. The smallest absolute Gasteiger partial charge is 0.0794 e. The van der Waals surface area contributed by atoms with Crippen molar-refractivity contribution in [1.29, 1.82) is 0 Å². The molecule has 2 aromatic rings. The Kier molecular flexibility index (Phi) is 3.70. The Morgan fingerprint density at radius 1 is 1.44 bits per heavy atom. The summed E-state index contributed by atoms with van der Waals surface area (Å²) < 4.78 is 0. The van der Waals surface area contributed by atoms with Gasteiger partial charge in [0.15, 0.2) is 0 Å². The Bertz CT molecular complexity index is 437. The monoisotopic (exact) mass is 232 g/mol. The largest absolute Gasteiger partial charge is 0.313 e. The van der Waals surface area contributed by atoms with E-state index in [1.54, 1.807) is 11.3 Å². The predicted molar refractivity (Wildman–Crippen MR) is 68.8 cm³/mol. The number of nitrogens with one attached hydrogen (secondary N) is 1. The van der Waals surface area contributed by atoms with Gasteiger partial charge in [0, 0.05) is 23.5 Å². The third-order valence-corrected chi connectivity index (χ3v) is 3.48. The summed E-state index contributed by atoms with van der Waals surface area (Å²) in [4.78, 5) is 5.43. The lowest BCUT2D eigenvalue weighted by Gasteiger charge is -2.16. The van der Waals surface area contributed by atoms with E-state index in [0.29, 0.717) is 6.04 Å². The molecule has 0 aliphatic rings. The fourth-order valence-corrected chi connectivity index (χ4v) is 2.46. The first-order valence-corrected chi connectivity index (χ1v) is 6.29. The zero-order valence-corrected chi connectivity index (χ0v) is 10.4. The van der Waals surface area contributed by atoms with Gasteiger partial charge in [-0.3, -0.25) is 4.98 Å². The number of hydrogen-bond acceptors (Lipinski definition) is 3. The van der Waals surface area contributed by atoms with Gasteiger partial charge >= 0.3 is 0 Å². The van der Waals surface area contributed by atoms with Gasteiger partial charge in [-0.05, 0) is 19.5 Å². The minimum atomic E-state index is 0.375. The average Bonchev–Trinajstić information content (AvgIpc) is 2.78. The van der Waals surface area contributed by atoms with Crippen LogP contribution in [0.2, 0.25) is 0 Å². The lowest BCUT2D eigenvalue weighted by atomic mass is 10.0. The van der Waals surface area contributed by atoms with Crippen molar-refractivity contribution in [3.63, 3.8) is 0 Å². The van der Waals surface area contributed by atoms with Gasteiger partial charge < -0.3 is 5.32 Å². The molecule has 0 bridgehead atoms. The highest BCUT2D eigenvalue weighted by molar-refractivity contribution is 7.09. The first-order valence-electron chi connectivity index (χ1n) is 5.41. The summed E-state index contributed by atoms with van der Waals surface area (Å²) >= 11 is 1.71. The van der Waals surface area contributed by atoms with Crippen molar-refractivity contribution in [2.24, 2.45) is 0 Å². The van der Waals surface area contributed by atoms with Crippen LogP contribution in [0.1, 0.15) is 22.0 Å². The van der Waals surface area contributed by atoms with E-state index in [4.69, 9.17) is 0 Å². The fraction of sp³-hybridized carbons (Fsp3) is 0.308. The fourth-order valence-electron chi connectivity index (χ4n) is 1.82. The molecule has 16 heavy (non-hydrogen) atoms. The van der Waals surface area contributed by atoms with E-state index in [0.717, 1.165) is 6.42 Å². The molecule has 3 heteroatoms. The number of thiazole rings is 1. The van der Waals surface area contributed by atoms with Crippen LogP contribution in [-0.2, 0) is 6.42 Å². The van der Waals surface area contributed by atoms with E-state index in [1.165, 1.54) is 16.0 Å². The number of likely N-dealkylation sites (N-methyl/N-ethyl adjacent to an activating group) is 1. The van der Waals surface area contributed by atoms with Gasteiger partial charge in [0.2, 0.25) is 0 Å². The van der Waals surface area contributed by atoms with Crippen LogP contribution in [0.3, 0.4) is 0 Å². The average molecular weight is 232 g/mol. The quantitative estimate of drug-likeness (QED) is 0.876. The van der Waals surface area contributed by atoms with E-state index in [1.807, 2.05) is 18.8 Å². The first-order chi connectivity index (χ1) is 7.79. The maximum absolute atomic E-state index is 4.11. The van der Waals surface area contributed by atoms with Crippen molar-refractivity contribution >= 4 is 11.3 Å². The molecule has 1 heterocycles. The number of hydrogen-bond donors (Lipinski definition) is 1. The molecule has 2 rings (SSSR count). The highest BCUT2D eigenvalue weighted by atomic mass is 32.1. The van der Waals surface area contributed by atoms with Crippen molar-refractivity contribution in [1.82, 2.24) is 10.3 Å². The van der Waals surface area contributed by atoms with Crippen LogP contribution < -0.4 is 5.32 Å². The standard InChI is InChI=1S/C13H16N2S/c1-10-4-3-5-11(6-10)13(14-2)7-12-8-15-9-16-12/h3-6,8-9,13-14H,7H2,1-2H3. The zero-order chi connectivity index (χ0) is 11.4. The molecule has 0 fully saturated rings. The van der Waals surface area contributed by atoms with Crippen LogP contribution in [0.4, 0.5) is 0 Å². The van der Waals surface area contributed by atoms with Crippen molar-refractivity contribution in [3.8, 4) is 0 Å². The van der Waals surface area contributed by atoms with Crippen molar-refractivity contribution in [3.05, 3.63) is 52.0 Å². The normalized spacial score (nSPS) is 12.6. The topological polar surface area (TPSA) is 24.9 Å². The van der Waals surface area contributed by atoms with Crippen LogP contribution in [-0.4, -0.2) is 12.0 Å². The molecule has 1 N–H and O–H groups in total. The molecule has 0 radical (unpaired) electrons. The molecule has 0 aliphatic carbocycles. The van der Waals surface area contributed by atoms with Gasteiger partial charge in [0.25, 0.3) is 0 Å². The molecular weight excluding hydrogens is 216 g/mol. The highest BCUT2D eigenvalue weighted by Crippen LogP contribution is 2.20. The van der Waals surface area contributed by atoms with Crippen molar-refractivity contribution in [2.45, 2.75) is 19.4 Å². The second-order valence-electron chi connectivity index (χ2n) is 3.93. The predicted octanol–water partition coefficient (Wildman–Crippen LogP) is 2.95. The van der Waals surface area contributed by atoms with Crippen LogP contribution in [0.5, 0.6) is 0 Å². The maximum Gasteiger partial charge on any atom is 0.0794 e. The molecule has 84 valence electrons. The third-order valence-electron chi connectivity index (χ3n) is 2.68. The van der Waals surface area contributed by atoms with Gasteiger partial charge in [-0.15, -0.1) is 11.3 Å². The van der Waals surface area contributed by atoms with Crippen LogP contribution in [0.15, 0.2) is 36.0 Å². The third kappa shape index (κ3) is 2.68. The molecule has 0 aliphatic heterocycles. The SMILES string of the molecule is CNC(Cc1cncs1)c1cccc(C)c1. The summed E-state index contributed by atoms with van der Waals surface area (Å²) in [5.74, 6) is 0. The van der Waals surface area contributed by atoms with E-state index in [-0.39, 0.29) is 0 Å². The number of rotatable bonds is 4. The van der Waals surface area contributed by atoms with E-state index in [2.05, 4.69) is 41.5 Å². The summed E-state index contributed by atoms with van der Waals surface area (Å²) in [6.07, 6.45) is 2.95. The molecular formula is C13H16N2S. The van der Waals surface area contributed by atoms with Gasteiger partial charge in [-0.1, -0.05) is 29.8 Å². The Labute approximate surface area is 100 Å². The Hall–Kier alpha value is -1.19. The molecule has 1 atom stereocenters. The number of aryl methyl sites for hydroxylation is 1. The van der Waals surface area contributed by atoms with Gasteiger partial charge in [-0.25, -0.2) is 0 Å². The van der Waals surface area contributed by atoms with Crippen LogP contribution in [0.25, 0.3) is 0 Å². The molecule has 0 saturated heterocycles. The number of nitrogens with zero attached hydrogens (tertiary/aromatic N) is 1. The first kappa shape index (κ1) is 11.3. The van der Waals surface area contributed by atoms with Gasteiger partial charge in [0.05, 0.1) is 5.51 Å². The minimum absolute atomic E-state index is 0.375. The van der Waals surface area contributed by atoms with E-state index >= 15 is 0 Å². The summed E-state index contributed by atoms with van der Waals surface area (Å²) in [5.41, 5.74) is 4.54. The van der Waals surface area contributed by atoms with E-state index in [9.17, 15) is 0 Å². The van der Waals surface area contributed by atoms with Gasteiger partial charge in [-0.2, -0.15) is 0 Å². The molecule has 1 unspecified atom stereocenters. The summed E-state index contributed by atoms with van der Waals surface area (Å²) in [7, 11) is 2.01. The summed E-state index contributed by atoms with van der Waals surface area (Å²) in [6, 6.07) is 9.03. The zero-order valence-electron chi connectivity index (χ0n) is 9.60.